The van der Waals surface area contributed by atoms with Crippen LogP contribution in [0.15, 0.2) is 30.5 Å². The molecule has 1 aromatic heterocycles. The molecule has 5 heterocycles. The minimum Gasteiger partial charge on any atom is -0.298 e. The van der Waals surface area contributed by atoms with E-state index in [9.17, 15) is 0 Å². The number of rotatable bonds is 4. The molecule has 4 saturated heterocycles. The van der Waals surface area contributed by atoms with Crippen LogP contribution in [0.1, 0.15) is 48.1 Å². The Morgan fingerprint density at radius 3 is 2.44 bits per heavy atom. The molecule has 0 amide bonds. The van der Waals surface area contributed by atoms with Crippen molar-refractivity contribution in [3.8, 4) is 0 Å². The summed E-state index contributed by atoms with van der Waals surface area (Å²) in [6.45, 7) is 12.4. The average molecular weight is 365 g/mol. The van der Waals surface area contributed by atoms with Crippen LogP contribution in [0.2, 0.25) is 0 Å². The van der Waals surface area contributed by atoms with E-state index in [1.165, 1.54) is 54.9 Å². The zero-order valence-electron chi connectivity index (χ0n) is 16.9. The van der Waals surface area contributed by atoms with Gasteiger partial charge in [-0.15, -0.1) is 0 Å². The first kappa shape index (κ1) is 17.4. The van der Waals surface area contributed by atoms with Crippen molar-refractivity contribution in [2.24, 2.45) is 5.92 Å². The van der Waals surface area contributed by atoms with Crippen LogP contribution in [-0.4, -0.2) is 51.3 Å². The summed E-state index contributed by atoms with van der Waals surface area (Å²) >= 11 is 0. The molecule has 4 heteroatoms. The van der Waals surface area contributed by atoms with Crippen molar-refractivity contribution < 1.29 is 0 Å². The molecule has 6 rings (SSSR count). The molecule has 2 aromatic rings. The molecule has 1 aromatic carbocycles. The molecule has 0 unspecified atom stereocenters. The van der Waals surface area contributed by atoms with Gasteiger partial charge in [-0.2, -0.15) is 5.10 Å². The smallest absolute Gasteiger partial charge is 0.0537 e. The van der Waals surface area contributed by atoms with Crippen molar-refractivity contribution in [2.45, 2.75) is 64.7 Å². The lowest BCUT2D eigenvalue weighted by Crippen LogP contribution is -2.59. The summed E-state index contributed by atoms with van der Waals surface area (Å²) in [5.41, 5.74) is 5.65. The van der Waals surface area contributed by atoms with Gasteiger partial charge in [0, 0.05) is 48.9 Å². The van der Waals surface area contributed by atoms with E-state index < -0.39 is 0 Å². The summed E-state index contributed by atoms with van der Waals surface area (Å²) < 4.78 is 2.14. The van der Waals surface area contributed by atoms with Gasteiger partial charge in [0.15, 0.2) is 0 Å². The second-order valence-electron chi connectivity index (χ2n) is 8.87. The van der Waals surface area contributed by atoms with Gasteiger partial charge < -0.3 is 0 Å². The topological polar surface area (TPSA) is 24.3 Å². The molecule has 3 atom stereocenters. The van der Waals surface area contributed by atoms with E-state index in [2.05, 4.69) is 70.8 Å². The molecule has 0 aliphatic carbocycles. The molecule has 4 nitrogen and oxygen atoms in total. The van der Waals surface area contributed by atoms with E-state index in [4.69, 9.17) is 0 Å². The molecule has 0 spiro atoms. The lowest BCUT2D eigenvalue weighted by Gasteiger charge is -2.51. The third kappa shape index (κ3) is 2.85. The molecule has 0 saturated carbocycles. The fourth-order valence-electron chi connectivity index (χ4n) is 6.01. The molecule has 0 N–H and O–H groups in total. The van der Waals surface area contributed by atoms with E-state index in [1.54, 1.807) is 0 Å². The zero-order valence-corrected chi connectivity index (χ0v) is 16.9. The SMILES string of the molecule is CCn1ncc(CN2C[C@H](c3ccc(C)cc3)[C@@H]3[C@H]2C2CCN3CC2)c1C. The highest BCUT2D eigenvalue weighted by atomic mass is 15.3. The Kier molecular flexibility index (Phi) is 4.36. The number of hydrogen-bond acceptors (Lipinski definition) is 3. The summed E-state index contributed by atoms with van der Waals surface area (Å²) in [4.78, 5) is 5.60. The largest absolute Gasteiger partial charge is 0.298 e. The van der Waals surface area contributed by atoms with Gasteiger partial charge in [0.25, 0.3) is 0 Å². The molecule has 4 aliphatic heterocycles. The second kappa shape index (κ2) is 6.75. The minimum absolute atomic E-state index is 0.639. The maximum absolute atomic E-state index is 4.59. The summed E-state index contributed by atoms with van der Waals surface area (Å²) in [5, 5.41) is 4.59. The van der Waals surface area contributed by atoms with E-state index in [0.29, 0.717) is 18.0 Å². The Morgan fingerprint density at radius 2 is 1.78 bits per heavy atom. The van der Waals surface area contributed by atoms with Crippen molar-refractivity contribution in [3.63, 3.8) is 0 Å². The highest BCUT2D eigenvalue weighted by Gasteiger charge is 2.53. The van der Waals surface area contributed by atoms with Gasteiger partial charge in [-0.05, 0) is 58.2 Å². The predicted molar refractivity (Wildman–Crippen MR) is 109 cm³/mol. The van der Waals surface area contributed by atoms with Crippen LogP contribution in [-0.2, 0) is 13.1 Å². The number of hydrogen-bond donors (Lipinski definition) is 0. The van der Waals surface area contributed by atoms with E-state index >= 15 is 0 Å². The van der Waals surface area contributed by atoms with Crippen molar-refractivity contribution in [3.05, 3.63) is 52.8 Å². The highest BCUT2D eigenvalue weighted by Crippen LogP contribution is 2.47. The van der Waals surface area contributed by atoms with Gasteiger partial charge in [0.05, 0.1) is 6.20 Å². The third-order valence-electron chi connectivity index (χ3n) is 7.48. The van der Waals surface area contributed by atoms with Crippen molar-refractivity contribution >= 4 is 0 Å². The molecule has 4 fully saturated rings. The van der Waals surface area contributed by atoms with E-state index in [0.717, 1.165) is 19.0 Å². The maximum atomic E-state index is 4.59. The van der Waals surface area contributed by atoms with E-state index in [1.807, 2.05) is 0 Å². The lowest BCUT2D eigenvalue weighted by atomic mass is 9.75. The number of likely N-dealkylation sites (tertiary alicyclic amines) is 1. The number of nitrogens with zero attached hydrogens (tertiary/aromatic N) is 4. The van der Waals surface area contributed by atoms with Crippen molar-refractivity contribution in [1.82, 2.24) is 19.6 Å². The first-order valence-electron chi connectivity index (χ1n) is 10.7. The van der Waals surface area contributed by atoms with Gasteiger partial charge in [-0.1, -0.05) is 29.8 Å². The van der Waals surface area contributed by atoms with Crippen molar-refractivity contribution in [2.75, 3.05) is 19.6 Å². The van der Waals surface area contributed by atoms with Crippen LogP contribution in [0.25, 0.3) is 0 Å². The molecule has 0 radical (unpaired) electrons. The normalized spacial score (nSPS) is 32.8. The van der Waals surface area contributed by atoms with Gasteiger partial charge >= 0.3 is 0 Å². The quantitative estimate of drug-likeness (QED) is 0.829. The summed E-state index contributed by atoms with van der Waals surface area (Å²) in [6, 6.07) is 10.7. The van der Waals surface area contributed by atoms with Crippen LogP contribution in [0.5, 0.6) is 0 Å². The predicted octanol–water partition coefficient (Wildman–Crippen LogP) is 3.58. The van der Waals surface area contributed by atoms with Gasteiger partial charge in [-0.25, -0.2) is 0 Å². The summed E-state index contributed by atoms with van der Waals surface area (Å²) in [6.07, 6.45) is 4.87. The fourth-order valence-corrected chi connectivity index (χ4v) is 6.01. The first-order valence-corrected chi connectivity index (χ1v) is 10.7. The molecular formula is C23H32N4. The number of fused-ring (bicyclic) bond motifs is 2. The Bertz CT molecular complexity index is 800. The number of benzene rings is 1. The maximum Gasteiger partial charge on any atom is 0.0537 e. The minimum atomic E-state index is 0.639. The van der Waals surface area contributed by atoms with Crippen LogP contribution in [0.4, 0.5) is 0 Å². The summed E-state index contributed by atoms with van der Waals surface area (Å²) in [7, 11) is 0. The first-order chi connectivity index (χ1) is 13.2. The summed E-state index contributed by atoms with van der Waals surface area (Å²) in [5.74, 6) is 1.51. The molecule has 27 heavy (non-hydrogen) atoms. The third-order valence-corrected chi connectivity index (χ3v) is 7.48. The Balaban J connectivity index is 1.46. The Hall–Kier alpha value is -1.65. The van der Waals surface area contributed by atoms with Crippen LogP contribution in [0, 0.1) is 19.8 Å². The monoisotopic (exact) mass is 364 g/mol. The molecular weight excluding hydrogens is 332 g/mol. The van der Waals surface area contributed by atoms with E-state index in [-0.39, 0.29) is 0 Å². The fraction of sp³-hybridized carbons (Fsp3) is 0.609. The molecule has 2 bridgehead atoms. The zero-order chi connectivity index (χ0) is 18.5. The molecule has 4 aliphatic rings. The highest BCUT2D eigenvalue weighted by molar-refractivity contribution is 5.30. The van der Waals surface area contributed by atoms with Crippen molar-refractivity contribution in [1.29, 1.82) is 0 Å². The standard InChI is InChI=1S/C23H32N4/c1-4-27-17(3)20(13-24-27)14-26-15-21(18-7-5-16(2)6-8-18)23-22(26)19-9-11-25(23)12-10-19/h5-8,13,19,21-23H,4,9-12,14-15H2,1-3H3/t21-,22-,23-/m1/s1. The number of piperidine rings is 3. The van der Waals surface area contributed by atoms with Crippen LogP contribution >= 0.6 is 0 Å². The lowest BCUT2D eigenvalue weighted by molar-refractivity contribution is -0.00874. The van der Waals surface area contributed by atoms with Gasteiger partial charge in [0.2, 0.25) is 0 Å². The van der Waals surface area contributed by atoms with Crippen LogP contribution in [0.3, 0.4) is 0 Å². The number of aryl methyl sites for hydroxylation is 2. The van der Waals surface area contributed by atoms with Gasteiger partial charge in [-0.3, -0.25) is 14.5 Å². The molecule has 144 valence electrons. The average Bonchev–Trinajstić information content (AvgIpc) is 3.26. The Morgan fingerprint density at radius 1 is 1.04 bits per heavy atom. The van der Waals surface area contributed by atoms with Crippen LogP contribution < -0.4 is 0 Å². The number of aromatic nitrogens is 2. The second-order valence-corrected chi connectivity index (χ2v) is 8.87. The van der Waals surface area contributed by atoms with Gasteiger partial charge in [0.1, 0.15) is 0 Å². The Labute approximate surface area is 163 Å².